The molecule has 1 fully saturated rings. The van der Waals surface area contributed by atoms with Gasteiger partial charge in [-0.2, -0.15) is 5.26 Å². The lowest BCUT2D eigenvalue weighted by Crippen LogP contribution is -2.32. The molecular formula is C16H15N3O3S2. The van der Waals surface area contributed by atoms with Crippen LogP contribution in [0.4, 0.5) is 0 Å². The van der Waals surface area contributed by atoms with Crippen LogP contribution < -0.4 is 4.72 Å². The first-order valence-corrected chi connectivity index (χ1v) is 9.62. The molecule has 1 saturated carbocycles. The van der Waals surface area contributed by atoms with Gasteiger partial charge in [0.15, 0.2) is 4.21 Å². The number of hydrogen-bond donors (Lipinski definition) is 1. The first-order valence-electron chi connectivity index (χ1n) is 7.32. The average Bonchev–Trinajstić information content (AvgIpc) is 3.26. The molecule has 0 bridgehead atoms. The van der Waals surface area contributed by atoms with Gasteiger partial charge in [0.25, 0.3) is 10.0 Å². The summed E-state index contributed by atoms with van der Waals surface area (Å²) in [6, 6.07) is 9.11. The Kier molecular flexibility index (Phi) is 4.15. The zero-order valence-corrected chi connectivity index (χ0v) is 14.7. The first kappa shape index (κ1) is 16.6. The number of aromatic nitrogens is 1. The Balaban J connectivity index is 1.73. The summed E-state index contributed by atoms with van der Waals surface area (Å²) in [5.41, 5.74) is 1.81. The molecule has 0 radical (unpaired) electrons. The van der Waals surface area contributed by atoms with Crippen molar-refractivity contribution in [2.24, 2.45) is 5.92 Å². The molecule has 1 amide bonds. The standard InChI is InChI=1S/C16H15N3O3S2/c1-9-16(23-10(2)18-9)24(21,22)19-15(20)14-7-13(14)12-5-3-4-11(6-12)8-17/h3-6,13-14H,7H2,1-2H3,(H,19,20)/t13-,14+/m0/s1. The number of carbonyl (C=O) groups is 1. The fourth-order valence-electron chi connectivity index (χ4n) is 2.71. The molecule has 0 unspecified atom stereocenters. The summed E-state index contributed by atoms with van der Waals surface area (Å²) in [6.07, 6.45) is 0.580. The Morgan fingerprint density at radius 2 is 2.17 bits per heavy atom. The summed E-state index contributed by atoms with van der Waals surface area (Å²) in [4.78, 5) is 16.4. The molecule has 0 spiro atoms. The fraction of sp³-hybridized carbons (Fsp3) is 0.312. The highest BCUT2D eigenvalue weighted by Gasteiger charge is 2.45. The van der Waals surface area contributed by atoms with Crippen LogP contribution in [0.25, 0.3) is 0 Å². The molecule has 0 aliphatic heterocycles. The summed E-state index contributed by atoms with van der Waals surface area (Å²) in [5, 5.41) is 9.57. The van der Waals surface area contributed by atoms with Gasteiger partial charge in [-0.15, -0.1) is 11.3 Å². The smallest absolute Gasteiger partial charge is 0.274 e. The maximum Gasteiger partial charge on any atom is 0.275 e. The minimum atomic E-state index is -3.89. The van der Waals surface area contributed by atoms with Gasteiger partial charge in [0.2, 0.25) is 5.91 Å². The summed E-state index contributed by atoms with van der Waals surface area (Å²) >= 11 is 1.05. The number of carbonyl (C=O) groups excluding carboxylic acids is 1. The van der Waals surface area contributed by atoms with E-state index in [0.717, 1.165) is 16.9 Å². The number of thiazole rings is 1. The predicted molar refractivity (Wildman–Crippen MR) is 88.9 cm³/mol. The number of rotatable bonds is 4. The molecule has 6 nitrogen and oxygen atoms in total. The number of benzene rings is 1. The molecule has 3 rings (SSSR count). The Morgan fingerprint density at radius 3 is 2.79 bits per heavy atom. The maximum absolute atomic E-state index is 12.3. The van der Waals surface area contributed by atoms with Crippen molar-refractivity contribution < 1.29 is 13.2 Å². The molecule has 8 heteroatoms. The molecule has 2 aromatic rings. The van der Waals surface area contributed by atoms with Crippen molar-refractivity contribution in [2.75, 3.05) is 0 Å². The third-order valence-corrected chi connectivity index (χ3v) is 6.94. The van der Waals surface area contributed by atoms with Gasteiger partial charge in [-0.25, -0.2) is 18.1 Å². The molecule has 24 heavy (non-hydrogen) atoms. The van der Waals surface area contributed by atoms with Crippen molar-refractivity contribution >= 4 is 27.3 Å². The molecule has 124 valence electrons. The van der Waals surface area contributed by atoms with E-state index in [1.54, 1.807) is 32.0 Å². The van der Waals surface area contributed by atoms with E-state index >= 15 is 0 Å². The van der Waals surface area contributed by atoms with Crippen LogP contribution in [-0.4, -0.2) is 19.3 Å². The lowest BCUT2D eigenvalue weighted by molar-refractivity contribution is -0.120. The van der Waals surface area contributed by atoms with E-state index in [1.807, 2.05) is 6.07 Å². The monoisotopic (exact) mass is 361 g/mol. The van der Waals surface area contributed by atoms with E-state index in [1.165, 1.54) is 0 Å². The molecule has 2 atom stereocenters. The Bertz CT molecular complexity index is 957. The zero-order valence-electron chi connectivity index (χ0n) is 13.1. The average molecular weight is 361 g/mol. The molecule has 1 heterocycles. The third kappa shape index (κ3) is 3.18. The summed E-state index contributed by atoms with van der Waals surface area (Å²) in [6.45, 7) is 3.33. The first-order chi connectivity index (χ1) is 11.3. The highest BCUT2D eigenvalue weighted by atomic mass is 32.2. The Labute approximate surface area is 144 Å². The van der Waals surface area contributed by atoms with Crippen LogP contribution in [0.2, 0.25) is 0 Å². The van der Waals surface area contributed by atoms with Gasteiger partial charge in [-0.3, -0.25) is 4.79 Å². The maximum atomic E-state index is 12.3. The predicted octanol–water partition coefficient (Wildman–Crippen LogP) is 2.24. The highest BCUT2D eigenvalue weighted by molar-refractivity contribution is 7.92. The van der Waals surface area contributed by atoms with Crippen LogP contribution in [0, 0.1) is 31.1 Å². The zero-order chi connectivity index (χ0) is 17.5. The number of hydrogen-bond acceptors (Lipinski definition) is 6. The van der Waals surface area contributed by atoms with Gasteiger partial charge in [-0.1, -0.05) is 12.1 Å². The van der Waals surface area contributed by atoms with Gasteiger partial charge >= 0.3 is 0 Å². The van der Waals surface area contributed by atoms with Crippen molar-refractivity contribution in [3.63, 3.8) is 0 Å². The number of aryl methyl sites for hydroxylation is 2. The van der Waals surface area contributed by atoms with Gasteiger partial charge in [0.05, 0.1) is 22.3 Å². The molecule has 1 aliphatic carbocycles. The fourth-order valence-corrected chi connectivity index (χ4v) is 5.22. The second-order valence-electron chi connectivity index (χ2n) is 5.76. The van der Waals surface area contributed by atoms with Crippen LogP contribution in [0.5, 0.6) is 0 Å². The van der Waals surface area contributed by atoms with E-state index in [-0.39, 0.29) is 16.0 Å². The van der Waals surface area contributed by atoms with E-state index in [0.29, 0.717) is 22.7 Å². The minimum absolute atomic E-state index is 0.0437. The van der Waals surface area contributed by atoms with Crippen LogP contribution in [0.15, 0.2) is 28.5 Å². The van der Waals surface area contributed by atoms with E-state index in [4.69, 9.17) is 5.26 Å². The molecular weight excluding hydrogens is 346 g/mol. The molecule has 0 saturated heterocycles. The number of amides is 1. The summed E-state index contributed by atoms with van der Waals surface area (Å²) in [5.74, 6) is -0.936. The van der Waals surface area contributed by atoms with Crippen molar-refractivity contribution in [1.82, 2.24) is 9.71 Å². The molecule has 1 aromatic carbocycles. The highest BCUT2D eigenvalue weighted by Crippen LogP contribution is 2.47. The van der Waals surface area contributed by atoms with Crippen LogP contribution in [0.3, 0.4) is 0 Å². The minimum Gasteiger partial charge on any atom is -0.274 e. The number of nitrogens with zero attached hydrogens (tertiary/aromatic N) is 2. The van der Waals surface area contributed by atoms with Gasteiger partial charge in [0, 0.05) is 5.92 Å². The molecule has 1 aliphatic rings. The van der Waals surface area contributed by atoms with Gasteiger partial charge in [0.1, 0.15) is 0 Å². The van der Waals surface area contributed by atoms with Crippen molar-refractivity contribution in [2.45, 2.75) is 30.4 Å². The molecule has 1 aromatic heterocycles. The SMILES string of the molecule is Cc1nc(C)c(S(=O)(=O)NC(=O)[C@@H]2C[C@H]2c2cccc(C#N)c2)s1. The second kappa shape index (κ2) is 6.00. The van der Waals surface area contributed by atoms with Crippen molar-refractivity contribution in [1.29, 1.82) is 5.26 Å². The van der Waals surface area contributed by atoms with Crippen LogP contribution in [-0.2, 0) is 14.8 Å². The largest absolute Gasteiger partial charge is 0.275 e. The van der Waals surface area contributed by atoms with E-state index in [2.05, 4.69) is 15.8 Å². The van der Waals surface area contributed by atoms with E-state index < -0.39 is 15.9 Å². The van der Waals surface area contributed by atoms with Gasteiger partial charge < -0.3 is 0 Å². The van der Waals surface area contributed by atoms with E-state index in [9.17, 15) is 13.2 Å². The lowest BCUT2D eigenvalue weighted by atomic mass is 10.1. The number of nitrogens with one attached hydrogen (secondary N) is 1. The van der Waals surface area contributed by atoms with Gasteiger partial charge in [-0.05, 0) is 43.9 Å². The second-order valence-corrected chi connectivity index (χ2v) is 8.84. The Morgan fingerprint density at radius 1 is 1.42 bits per heavy atom. The summed E-state index contributed by atoms with van der Waals surface area (Å²) < 4.78 is 26.9. The lowest BCUT2D eigenvalue weighted by Gasteiger charge is -2.05. The number of sulfonamides is 1. The quantitative estimate of drug-likeness (QED) is 0.900. The van der Waals surface area contributed by atoms with Crippen molar-refractivity contribution in [3.8, 4) is 6.07 Å². The number of nitriles is 1. The normalized spacial score (nSPS) is 19.5. The summed E-state index contributed by atoms with van der Waals surface area (Å²) in [7, 11) is -3.89. The van der Waals surface area contributed by atoms with Crippen LogP contribution >= 0.6 is 11.3 Å². The Hall–Kier alpha value is -2.24. The third-order valence-electron chi connectivity index (χ3n) is 3.91. The van der Waals surface area contributed by atoms with Crippen LogP contribution in [0.1, 0.15) is 34.2 Å². The topological polar surface area (TPSA) is 99.9 Å². The molecule has 1 N–H and O–H groups in total. The van der Waals surface area contributed by atoms with Crippen molar-refractivity contribution in [3.05, 3.63) is 46.1 Å².